The average molecular weight is 553 g/mol. The van der Waals surface area contributed by atoms with Gasteiger partial charge in [-0.05, 0) is 59.8 Å². The van der Waals surface area contributed by atoms with Gasteiger partial charge in [-0.2, -0.15) is 0 Å². The highest BCUT2D eigenvalue weighted by molar-refractivity contribution is 6.35. The van der Waals surface area contributed by atoms with Crippen LogP contribution in [0.4, 0.5) is 0 Å². The van der Waals surface area contributed by atoms with Gasteiger partial charge >= 0.3 is 8.05 Å². The zero-order valence-corrected chi connectivity index (χ0v) is 23.4. The normalized spacial score (nSPS) is 17.2. The molecule has 0 bridgehead atoms. The number of rotatable bonds is 11. The van der Waals surface area contributed by atoms with Crippen molar-refractivity contribution in [3.8, 4) is 0 Å². The molecule has 1 fully saturated rings. The quantitative estimate of drug-likeness (QED) is 0.220. The number of amides is 1. The average Bonchev–Trinajstić information content (AvgIpc) is 2.93. The van der Waals surface area contributed by atoms with Gasteiger partial charge in [0.05, 0.1) is 0 Å². The van der Waals surface area contributed by atoms with E-state index in [1.54, 1.807) is 12.1 Å². The number of hydrogen-bond acceptors (Lipinski definition) is 5. The number of nitrogens with two attached hydrogens (primary N) is 1. The molecule has 0 radical (unpaired) electrons. The molecule has 200 valence electrons. The van der Waals surface area contributed by atoms with Gasteiger partial charge in [-0.25, -0.2) is 4.99 Å². The van der Waals surface area contributed by atoms with E-state index in [1.165, 1.54) is 30.8 Å². The predicted molar refractivity (Wildman–Crippen MR) is 160 cm³/mol. The molecule has 9 heteroatoms. The van der Waals surface area contributed by atoms with E-state index in [1.807, 2.05) is 11.0 Å². The number of hydrogen-bond donors (Lipinski definition) is 1. The minimum Gasteiger partial charge on any atom is -0.560 e. The maximum atomic E-state index is 13.8. The van der Waals surface area contributed by atoms with E-state index in [4.69, 9.17) is 33.6 Å². The van der Waals surface area contributed by atoms with Crippen LogP contribution in [0.15, 0.2) is 65.7 Å². The molecule has 0 unspecified atom stereocenters. The molecule has 1 aliphatic rings. The largest absolute Gasteiger partial charge is 0.560 e. The molecule has 2 N–H and O–H groups in total. The smallest absolute Gasteiger partial charge is 0.323 e. The molecule has 0 aromatic heterocycles. The Morgan fingerprint density at radius 1 is 1.13 bits per heavy atom. The molecule has 1 heterocycles. The number of piperazine rings is 1. The zero-order valence-electron chi connectivity index (χ0n) is 21.9. The first-order chi connectivity index (χ1) is 18.5. The molecule has 38 heavy (non-hydrogen) atoms. The first kappa shape index (κ1) is 28.4. The summed E-state index contributed by atoms with van der Waals surface area (Å²) in [6.07, 6.45) is 4.40. The second kappa shape index (κ2) is 14.0. The Kier molecular flexibility index (Phi) is 10.5. The fourth-order valence-electron chi connectivity index (χ4n) is 5.12. The monoisotopic (exact) mass is 552 g/mol. The molecule has 4 rings (SSSR count). The Hall–Kier alpha value is -2.58. The van der Waals surface area contributed by atoms with E-state index < -0.39 is 6.04 Å². The standard InChI is InChI=1S/C29H35BCl2N4O2/c30-38-20-34-28(17-24-9-10-25(31)18-27(24)32)29(37)36-15-14-35(19-26(36)6-3-12-33)13-11-21-7-8-22-4-1-2-5-23(22)16-21/h1-2,4-5,7-10,16,18,20,26,28H,3,6,11-15,17,19,30,33H2/t26-,28+/m0/s1. The van der Waals surface area contributed by atoms with Crippen LogP contribution < -0.4 is 5.73 Å². The highest BCUT2D eigenvalue weighted by Crippen LogP contribution is 2.25. The molecular weight excluding hydrogens is 518 g/mol. The molecule has 0 aliphatic carbocycles. The van der Waals surface area contributed by atoms with Crippen molar-refractivity contribution >= 4 is 54.3 Å². The minimum atomic E-state index is -0.627. The number of fused-ring (bicyclic) bond motifs is 1. The van der Waals surface area contributed by atoms with Crippen molar-refractivity contribution in [2.24, 2.45) is 10.7 Å². The van der Waals surface area contributed by atoms with Crippen LogP contribution in [0.5, 0.6) is 0 Å². The first-order valence-corrected chi connectivity index (χ1v) is 13.9. The minimum absolute atomic E-state index is 0.0134. The summed E-state index contributed by atoms with van der Waals surface area (Å²) < 4.78 is 5.07. The van der Waals surface area contributed by atoms with Crippen molar-refractivity contribution in [2.45, 2.75) is 37.8 Å². The van der Waals surface area contributed by atoms with Crippen molar-refractivity contribution in [1.82, 2.24) is 9.80 Å². The molecule has 2 atom stereocenters. The lowest BCUT2D eigenvalue weighted by Gasteiger charge is -2.42. The summed E-state index contributed by atoms with van der Waals surface area (Å²) in [7, 11) is 1.53. The maximum absolute atomic E-state index is 13.8. The third-order valence-corrected chi connectivity index (χ3v) is 7.77. The van der Waals surface area contributed by atoms with Crippen molar-refractivity contribution in [3.63, 3.8) is 0 Å². The lowest BCUT2D eigenvalue weighted by Crippen LogP contribution is -2.57. The summed E-state index contributed by atoms with van der Waals surface area (Å²) in [4.78, 5) is 22.7. The summed E-state index contributed by atoms with van der Waals surface area (Å²) >= 11 is 12.5. The number of benzene rings is 3. The second-order valence-electron chi connectivity index (χ2n) is 9.79. The van der Waals surface area contributed by atoms with Crippen LogP contribution in [0, 0.1) is 0 Å². The number of carbonyl (C=O) groups excluding carboxylic acids is 1. The third-order valence-electron chi connectivity index (χ3n) is 7.18. The van der Waals surface area contributed by atoms with E-state index in [-0.39, 0.29) is 11.9 Å². The van der Waals surface area contributed by atoms with E-state index in [2.05, 4.69) is 52.4 Å². The Balaban J connectivity index is 1.44. The van der Waals surface area contributed by atoms with Crippen LogP contribution in [-0.2, 0) is 22.3 Å². The fraction of sp³-hybridized carbons (Fsp3) is 0.379. The number of nitrogens with zero attached hydrogens (tertiary/aromatic N) is 3. The fourth-order valence-corrected chi connectivity index (χ4v) is 5.61. The predicted octanol–water partition coefficient (Wildman–Crippen LogP) is 4.15. The van der Waals surface area contributed by atoms with Crippen LogP contribution >= 0.6 is 23.2 Å². The second-order valence-corrected chi connectivity index (χ2v) is 10.6. The van der Waals surface area contributed by atoms with Gasteiger partial charge in [-0.3, -0.25) is 9.69 Å². The first-order valence-electron chi connectivity index (χ1n) is 13.2. The Morgan fingerprint density at radius 3 is 2.71 bits per heavy atom. The van der Waals surface area contributed by atoms with Gasteiger partial charge in [0.2, 0.25) is 5.91 Å². The summed E-state index contributed by atoms with van der Waals surface area (Å²) in [5.74, 6) is -0.0134. The van der Waals surface area contributed by atoms with Gasteiger partial charge in [-0.15, -0.1) is 0 Å². The van der Waals surface area contributed by atoms with E-state index in [0.717, 1.165) is 44.5 Å². The van der Waals surface area contributed by atoms with Crippen LogP contribution in [0.25, 0.3) is 10.8 Å². The van der Waals surface area contributed by atoms with Crippen molar-refractivity contribution in [1.29, 1.82) is 0 Å². The molecular formula is C29H35BCl2N4O2. The van der Waals surface area contributed by atoms with Crippen LogP contribution in [-0.4, -0.2) is 75.0 Å². The number of carbonyl (C=O) groups is 1. The van der Waals surface area contributed by atoms with Gasteiger partial charge < -0.3 is 15.3 Å². The number of halogens is 2. The highest BCUT2D eigenvalue weighted by Gasteiger charge is 2.34. The van der Waals surface area contributed by atoms with E-state index in [9.17, 15) is 4.79 Å². The molecule has 6 nitrogen and oxygen atoms in total. The van der Waals surface area contributed by atoms with Crippen molar-refractivity contribution in [2.75, 3.05) is 32.7 Å². The Bertz CT molecular complexity index is 1260. The van der Waals surface area contributed by atoms with E-state index >= 15 is 0 Å². The highest BCUT2D eigenvalue weighted by atomic mass is 35.5. The SMILES string of the molecule is BOC=N[C@H](Cc1ccc(Cl)cc1Cl)C(=O)N1CCN(CCc2ccc3ccccc3c2)C[C@@H]1CCCN. The lowest BCUT2D eigenvalue weighted by atomic mass is 10.0. The van der Waals surface area contributed by atoms with Crippen LogP contribution in [0.3, 0.4) is 0 Å². The third kappa shape index (κ3) is 7.51. The van der Waals surface area contributed by atoms with E-state index in [0.29, 0.717) is 29.6 Å². The summed E-state index contributed by atoms with van der Waals surface area (Å²) in [6.45, 7) is 3.84. The molecule has 1 saturated heterocycles. The Labute approximate surface area is 236 Å². The molecule has 3 aromatic carbocycles. The summed E-state index contributed by atoms with van der Waals surface area (Å²) in [6, 6.07) is 19.9. The van der Waals surface area contributed by atoms with Gasteiger partial charge in [0, 0.05) is 48.7 Å². The lowest BCUT2D eigenvalue weighted by molar-refractivity contribution is -0.137. The van der Waals surface area contributed by atoms with Gasteiger partial charge in [0.25, 0.3) is 0 Å². The van der Waals surface area contributed by atoms with Gasteiger partial charge in [-0.1, -0.05) is 71.7 Å². The molecule has 3 aromatic rings. The summed E-state index contributed by atoms with van der Waals surface area (Å²) in [5, 5.41) is 3.62. The van der Waals surface area contributed by atoms with Crippen LogP contribution in [0.2, 0.25) is 10.0 Å². The molecule has 1 aliphatic heterocycles. The topological polar surface area (TPSA) is 71.2 Å². The maximum Gasteiger partial charge on any atom is 0.323 e. The van der Waals surface area contributed by atoms with Crippen molar-refractivity contribution < 1.29 is 9.45 Å². The molecule has 0 saturated carbocycles. The molecule has 0 spiro atoms. The van der Waals surface area contributed by atoms with Crippen molar-refractivity contribution in [3.05, 3.63) is 81.8 Å². The Morgan fingerprint density at radius 2 is 1.95 bits per heavy atom. The molecule has 1 amide bonds. The van der Waals surface area contributed by atoms with Gasteiger partial charge in [0.15, 0.2) is 6.40 Å². The zero-order chi connectivity index (χ0) is 26.9. The number of aliphatic imine (C=N–C) groups is 1. The summed E-state index contributed by atoms with van der Waals surface area (Å²) in [5.41, 5.74) is 8.01. The van der Waals surface area contributed by atoms with Gasteiger partial charge in [0.1, 0.15) is 6.04 Å². The van der Waals surface area contributed by atoms with Crippen LogP contribution in [0.1, 0.15) is 24.0 Å².